The lowest BCUT2D eigenvalue weighted by atomic mass is 9.97. The van der Waals surface area contributed by atoms with E-state index in [-0.39, 0.29) is 21.0 Å². The predicted molar refractivity (Wildman–Crippen MR) is 123 cm³/mol. The lowest BCUT2D eigenvalue weighted by Crippen LogP contribution is -2.15. The second kappa shape index (κ2) is 7.70. The largest absolute Gasteiger partial charge is 0.433 e. The van der Waals surface area contributed by atoms with Crippen LogP contribution in [0.1, 0.15) is 37.9 Å². The van der Waals surface area contributed by atoms with Crippen molar-refractivity contribution < 1.29 is 18.0 Å². The summed E-state index contributed by atoms with van der Waals surface area (Å²) >= 11 is 4.21. The highest BCUT2D eigenvalue weighted by Gasteiger charge is 2.35. The Balaban J connectivity index is 2.01. The summed E-state index contributed by atoms with van der Waals surface area (Å²) < 4.78 is 42.7. The number of aromatic nitrogens is 3. The van der Waals surface area contributed by atoms with Gasteiger partial charge in [0.2, 0.25) is 0 Å². The van der Waals surface area contributed by atoms with Crippen LogP contribution in [0.25, 0.3) is 21.3 Å². The van der Waals surface area contributed by atoms with Gasteiger partial charge >= 0.3 is 6.18 Å². The molecule has 0 aliphatic rings. The minimum absolute atomic E-state index is 0.0505. The summed E-state index contributed by atoms with van der Waals surface area (Å²) in [6, 6.07) is 6.38. The SMILES string of the molecule is Cc1ccc(-c2cc(C(F)(F)F)nc3sc(C(=O)n4nc(C)c(Br)c4C)c(N)c23)cc1C. The lowest BCUT2D eigenvalue weighted by molar-refractivity contribution is -0.140. The average Bonchev–Trinajstić information content (AvgIpc) is 3.20. The van der Waals surface area contributed by atoms with Crippen molar-refractivity contribution in [2.45, 2.75) is 33.9 Å². The zero-order valence-corrected chi connectivity index (χ0v) is 20.0. The van der Waals surface area contributed by atoms with Crippen molar-refractivity contribution in [2.24, 2.45) is 0 Å². The normalized spacial score (nSPS) is 12.0. The van der Waals surface area contributed by atoms with Crippen LogP contribution >= 0.6 is 27.3 Å². The summed E-state index contributed by atoms with van der Waals surface area (Å²) in [7, 11) is 0. The number of aryl methyl sites for hydroxylation is 3. The van der Waals surface area contributed by atoms with Crippen LogP contribution in [0.3, 0.4) is 0 Å². The second-order valence-electron chi connectivity index (χ2n) is 7.58. The molecule has 0 bridgehead atoms. The van der Waals surface area contributed by atoms with Crippen molar-refractivity contribution in [1.29, 1.82) is 0 Å². The Labute approximate surface area is 194 Å². The summed E-state index contributed by atoms with van der Waals surface area (Å²) in [5.41, 5.74) is 9.40. The first-order valence-electron chi connectivity index (χ1n) is 9.54. The van der Waals surface area contributed by atoms with Crippen LogP contribution in [-0.2, 0) is 6.18 Å². The molecule has 0 unspecified atom stereocenters. The van der Waals surface area contributed by atoms with E-state index in [1.807, 2.05) is 19.9 Å². The number of pyridine rings is 1. The minimum Gasteiger partial charge on any atom is -0.397 e. The summed E-state index contributed by atoms with van der Waals surface area (Å²) in [4.78, 5) is 17.2. The van der Waals surface area contributed by atoms with E-state index in [9.17, 15) is 18.0 Å². The predicted octanol–water partition coefficient (Wildman–Crippen LogP) is 6.45. The molecule has 10 heteroatoms. The monoisotopic (exact) mass is 522 g/mol. The Hall–Kier alpha value is -2.72. The van der Waals surface area contributed by atoms with Gasteiger partial charge in [0.25, 0.3) is 5.91 Å². The van der Waals surface area contributed by atoms with Crippen molar-refractivity contribution in [3.63, 3.8) is 0 Å². The van der Waals surface area contributed by atoms with Crippen LogP contribution < -0.4 is 5.73 Å². The van der Waals surface area contributed by atoms with Crippen LogP contribution in [0, 0.1) is 27.7 Å². The van der Waals surface area contributed by atoms with Crippen LogP contribution in [0.4, 0.5) is 18.9 Å². The Bertz CT molecular complexity index is 1400. The molecule has 4 rings (SSSR count). The maximum absolute atomic E-state index is 13.6. The Morgan fingerprint density at radius 3 is 2.38 bits per heavy atom. The molecule has 0 saturated heterocycles. The van der Waals surface area contributed by atoms with Crippen LogP contribution in [-0.4, -0.2) is 20.7 Å². The maximum atomic E-state index is 13.6. The third-order valence-corrected chi connectivity index (χ3v) is 7.63. The van der Waals surface area contributed by atoms with E-state index < -0.39 is 17.8 Å². The molecule has 3 aromatic heterocycles. The van der Waals surface area contributed by atoms with Crippen molar-refractivity contribution in [2.75, 3.05) is 5.73 Å². The number of alkyl halides is 3. The number of carbonyl (C=O) groups is 1. The van der Waals surface area contributed by atoms with Gasteiger partial charge in [0, 0.05) is 5.39 Å². The van der Waals surface area contributed by atoms with Crippen molar-refractivity contribution in [3.05, 3.63) is 61.8 Å². The van der Waals surface area contributed by atoms with Gasteiger partial charge in [-0.05, 0) is 71.9 Å². The zero-order valence-electron chi connectivity index (χ0n) is 17.6. The van der Waals surface area contributed by atoms with Crippen molar-refractivity contribution in [1.82, 2.24) is 14.8 Å². The van der Waals surface area contributed by atoms with Crippen molar-refractivity contribution in [3.8, 4) is 11.1 Å². The molecule has 4 aromatic rings. The van der Waals surface area contributed by atoms with E-state index in [1.54, 1.807) is 26.0 Å². The highest BCUT2D eigenvalue weighted by Crippen LogP contribution is 2.43. The third kappa shape index (κ3) is 3.61. The van der Waals surface area contributed by atoms with Gasteiger partial charge in [-0.25, -0.2) is 4.98 Å². The van der Waals surface area contributed by atoms with Gasteiger partial charge in [0.05, 0.1) is 21.5 Å². The standard InChI is InChI=1S/C22H18BrF3N4OS/c1-9-5-6-13(7-10(9)2)14-8-15(22(24,25)26)28-20-16(14)18(27)19(32-20)21(31)30-12(4)17(23)11(3)29-30/h5-8H,27H2,1-4H3. The Morgan fingerprint density at radius 1 is 1.12 bits per heavy atom. The molecule has 0 aliphatic heterocycles. The van der Waals surface area contributed by atoms with Crippen LogP contribution in [0.2, 0.25) is 0 Å². The van der Waals surface area contributed by atoms with Gasteiger partial charge in [0.15, 0.2) is 0 Å². The van der Waals surface area contributed by atoms with E-state index in [0.717, 1.165) is 28.5 Å². The first-order valence-corrected chi connectivity index (χ1v) is 11.1. The number of nitrogens with two attached hydrogens (primary N) is 1. The van der Waals surface area contributed by atoms with Gasteiger partial charge in [-0.1, -0.05) is 18.2 Å². The minimum atomic E-state index is -4.65. The molecule has 166 valence electrons. The van der Waals surface area contributed by atoms with Crippen LogP contribution in [0.15, 0.2) is 28.7 Å². The number of halogens is 4. The molecule has 0 atom stereocenters. The van der Waals surface area contributed by atoms with Gasteiger partial charge in [0.1, 0.15) is 15.4 Å². The number of benzene rings is 1. The Morgan fingerprint density at radius 2 is 1.81 bits per heavy atom. The van der Waals surface area contributed by atoms with E-state index in [0.29, 0.717) is 26.8 Å². The molecule has 0 amide bonds. The Kier molecular flexibility index (Phi) is 5.41. The molecule has 32 heavy (non-hydrogen) atoms. The zero-order chi connectivity index (χ0) is 23.5. The molecule has 0 aliphatic carbocycles. The summed E-state index contributed by atoms with van der Waals surface area (Å²) in [5.74, 6) is -0.517. The molecule has 2 N–H and O–H groups in total. The van der Waals surface area contributed by atoms with Crippen LogP contribution in [0.5, 0.6) is 0 Å². The molecular formula is C22H18BrF3N4OS. The van der Waals surface area contributed by atoms with E-state index in [1.165, 1.54) is 4.68 Å². The molecule has 0 radical (unpaired) electrons. The quantitative estimate of drug-likeness (QED) is 0.328. The summed E-state index contributed by atoms with van der Waals surface area (Å²) in [6.07, 6.45) is -4.65. The smallest absolute Gasteiger partial charge is 0.397 e. The van der Waals surface area contributed by atoms with Gasteiger partial charge in [-0.15, -0.1) is 11.3 Å². The maximum Gasteiger partial charge on any atom is 0.433 e. The number of hydrogen-bond donors (Lipinski definition) is 1. The number of rotatable bonds is 2. The number of thiophene rings is 1. The topological polar surface area (TPSA) is 73.8 Å². The lowest BCUT2D eigenvalue weighted by Gasteiger charge is -2.12. The van der Waals surface area contributed by atoms with Gasteiger partial charge in [-0.2, -0.15) is 23.0 Å². The number of hydrogen-bond acceptors (Lipinski definition) is 5. The second-order valence-corrected chi connectivity index (χ2v) is 9.37. The number of anilines is 1. The van der Waals surface area contributed by atoms with Gasteiger partial charge in [-0.3, -0.25) is 4.79 Å². The number of nitrogens with zero attached hydrogens (tertiary/aromatic N) is 3. The molecule has 0 fully saturated rings. The molecular weight excluding hydrogens is 505 g/mol. The third-order valence-electron chi connectivity index (χ3n) is 5.40. The van der Waals surface area contributed by atoms with Gasteiger partial charge < -0.3 is 5.73 Å². The first-order chi connectivity index (χ1) is 14.9. The number of carbonyl (C=O) groups excluding carboxylic acids is 1. The molecule has 5 nitrogen and oxygen atoms in total. The highest BCUT2D eigenvalue weighted by molar-refractivity contribution is 9.10. The molecule has 1 aromatic carbocycles. The highest BCUT2D eigenvalue weighted by atomic mass is 79.9. The summed E-state index contributed by atoms with van der Waals surface area (Å²) in [6.45, 7) is 7.26. The van der Waals surface area contributed by atoms with E-state index >= 15 is 0 Å². The molecule has 0 saturated carbocycles. The summed E-state index contributed by atoms with van der Waals surface area (Å²) in [5, 5.41) is 4.56. The fraction of sp³-hybridized carbons (Fsp3) is 0.227. The molecule has 3 heterocycles. The average molecular weight is 523 g/mol. The fourth-order valence-corrected chi connectivity index (χ4v) is 4.77. The molecule has 0 spiro atoms. The van der Waals surface area contributed by atoms with E-state index in [2.05, 4.69) is 26.0 Å². The fourth-order valence-electron chi connectivity index (χ4n) is 3.48. The first kappa shape index (κ1) is 22.5. The number of fused-ring (bicyclic) bond motifs is 1. The van der Waals surface area contributed by atoms with E-state index in [4.69, 9.17) is 5.73 Å². The van der Waals surface area contributed by atoms with Crippen molar-refractivity contribution >= 4 is 49.1 Å². The number of nitrogen functional groups attached to an aromatic ring is 1.